The van der Waals surface area contributed by atoms with E-state index in [1.165, 1.54) is 104 Å². The Labute approximate surface area is 344 Å². The second kappa shape index (κ2) is 28.7. The number of hydrogen-bond donors (Lipinski definition) is 2. The van der Waals surface area contributed by atoms with Gasteiger partial charge in [0.1, 0.15) is 0 Å². The summed E-state index contributed by atoms with van der Waals surface area (Å²) in [5.41, 5.74) is 23.0. The van der Waals surface area contributed by atoms with Gasteiger partial charge < -0.3 is 15.7 Å². The summed E-state index contributed by atoms with van der Waals surface area (Å²) >= 11 is 0. The molecule has 0 fully saturated rings. The topological polar surface area (TPSA) is 65.8 Å². The minimum Gasteiger partial charge on any atom is -0.493 e. The third-order valence-electron chi connectivity index (χ3n) is 10.2. The van der Waals surface area contributed by atoms with E-state index >= 15 is 0 Å². The van der Waals surface area contributed by atoms with E-state index in [9.17, 15) is 5.53 Å². The predicted molar refractivity (Wildman–Crippen MR) is 230 cm³/mol. The maximum absolute atomic E-state index is 11.6. The maximum Gasteiger partial charge on any atom is 0.211 e. The fourth-order valence-electron chi connectivity index (χ4n) is 6.95. The Morgan fingerprint density at radius 3 is 1.44 bits per heavy atom. The first-order chi connectivity index (χ1) is 26.5. The van der Waals surface area contributed by atoms with Crippen LogP contribution in [-0.2, 0) is 42.5 Å². The molecule has 4 aromatic carbocycles. The van der Waals surface area contributed by atoms with E-state index in [1.807, 2.05) is 60.7 Å². The van der Waals surface area contributed by atoms with Crippen molar-refractivity contribution in [2.24, 2.45) is 0 Å². The van der Waals surface area contributed by atoms with E-state index in [2.05, 4.69) is 76.2 Å². The molecule has 5 heteroatoms. The summed E-state index contributed by atoms with van der Waals surface area (Å²) in [4.78, 5) is 0. The molecule has 5 rings (SSSR count). The minimum atomic E-state index is 0. The van der Waals surface area contributed by atoms with Crippen LogP contribution in [0.15, 0.2) is 120 Å². The Morgan fingerprint density at radius 1 is 0.455 bits per heavy atom. The van der Waals surface area contributed by atoms with Crippen LogP contribution in [0.25, 0.3) is 16.9 Å². The van der Waals surface area contributed by atoms with Crippen LogP contribution in [0.1, 0.15) is 151 Å². The van der Waals surface area contributed by atoms with Crippen LogP contribution < -0.4 is 0 Å². The molecule has 0 saturated heterocycles. The average Bonchev–Trinajstić information content (AvgIpc) is 3.47. The molecule has 1 aliphatic heterocycles. The summed E-state index contributed by atoms with van der Waals surface area (Å²) in [5, 5.41) is 17.1. The summed E-state index contributed by atoms with van der Waals surface area (Å²) in [6, 6.07) is 36.9. The van der Waals surface area contributed by atoms with Gasteiger partial charge in [0.2, 0.25) is 11.4 Å². The van der Waals surface area contributed by atoms with E-state index < -0.39 is 0 Å². The van der Waals surface area contributed by atoms with Crippen molar-refractivity contribution in [3.63, 3.8) is 0 Å². The first-order valence-corrected chi connectivity index (χ1v) is 20.9. The van der Waals surface area contributed by atoms with Gasteiger partial charge in [0.25, 0.3) is 0 Å². The SMILES string of the molecule is CCCCCCCCc1cccc(C2=C(CCCCC)C(C)=C(c3ccc(CCCCCC)cc3)[N+]2=[N-])c1.OCc1ccccc1.OCc1ccccc1.[Ni]. The van der Waals surface area contributed by atoms with E-state index in [1.54, 1.807) is 0 Å². The van der Waals surface area contributed by atoms with Crippen molar-refractivity contribution < 1.29 is 31.4 Å². The molecule has 0 amide bonds. The molecule has 0 unspecified atom stereocenters. The number of benzene rings is 4. The molecule has 1 aliphatic rings. The second-order valence-electron chi connectivity index (χ2n) is 14.6. The zero-order valence-electron chi connectivity index (χ0n) is 34.2. The van der Waals surface area contributed by atoms with E-state index in [0.717, 1.165) is 59.3 Å². The van der Waals surface area contributed by atoms with Crippen molar-refractivity contribution in [1.29, 1.82) is 0 Å². The van der Waals surface area contributed by atoms with Crippen LogP contribution in [0.4, 0.5) is 0 Å². The second-order valence-corrected chi connectivity index (χ2v) is 14.6. The fourth-order valence-corrected chi connectivity index (χ4v) is 6.95. The van der Waals surface area contributed by atoms with Gasteiger partial charge in [-0.1, -0.05) is 170 Å². The van der Waals surface area contributed by atoms with Gasteiger partial charge in [0.05, 0.1) is 13.2 Å². The Balaban J connectivity index is 0.000000503. The Hall–Kier alpha value is -3.63. The minimum absolute atomic E-state index is 0. The number of rotatable bonds is 20. The Kier molecular flexibility index (Phi) is 24.8. The van der Waals surface area contributed by atoms with Crippen LogP contribution in [-0.4, -0.2) is 14.9 Å². The van der Waals surface area contributed by atoms with Crippen LogP contribution in [0.2, 0.25) is 0 Å². The molecule has 4 aromatic rings. The number of aliphatic hydroxyl groups excluding tert-OH is 2. The summed E-state index contributed by atoms with van der Waals surface area (Å²) in [5.74, 6) is 0. The molecule has 0 bridgehead atoms. The molecule has 1 heterocycles. The first-order valence-electron chi connectivity index (χ1n) is 20.9. The normalized spacial score (nSPS) is 12.1. The molecular formula is C50H68N2NiO2. The van der Waals surface area contributed by atoms with Crippen LogP contribution >= 0.6 is 0 Å². The van der Waals surface area contributed by atoms with E-state index in [-0.39, 0.29) is 29.7 Å². The molecule has 55 heavy (non-hydrogen) atoms. The molecular weight excluding hydrogens is 719 g/mol. The van der Waals surface area contributed by atoms with Gasteiger partial charge in [0, 0.05) is 38.8 Å². The number of hydrogen-bond acceptors (Lipinski definition) is 2. The Bertz CT molecular complexity index is 1640. The molecule has 4 nitrogen and oxygen atoms in total. The maximum atomic E-state index is 11.6. The van der Waals surface area contributed by atoms with Gasteiger partial charge in [-0.25, -0.2) is 4.70 Å². The molecule has 0 aromatic heterocycles. The number of aliphatic hydroxyl groups is 2. The van der Waals surface area contributed by atoms with Gasteiger partial charge in [-0.2, -0.15) is 0 Å². The van der Waals surface area contributed by atoms with Crippen molar-refractivity contribution in [3.8, 4) is 0 Å². The average molecular weight is 788 g/mol. The molecule has 300 valence electrons. The summed E-state index contributed by atoms with van der Waals surface area (Å²) in [7, 11) is 0. The van der Waals surface area contributed by atoms with Crippen molar-refractivity contribution in [2.45, 2.75) is 144 Å². The Morgan fingerprint density at radius 2 is 0.909 bits per heavy atom. The van der Waals surface area contributed by atoms with E-state index in [0.29, 0.717) is 0 Å². The molecule has 0 saturated carbocycles. The van der Waals surface area contributed by atoms with Gasteiger partial charge >= 0.3 is 0 Å². The van der Waals surface area contributed by atoms with E-state index in [4.69, 9.17) is 10.2 Å². The molecule has 0 radical (unpaired) electrons. The van der Waals surface area contributed by atoms with Crippen molar-refractivity contribution >= 4 is 11.4 Å². The largest absolute Gasteiger partial charge is 0.493 e. The first kappa shape index (κ1) is 47.5. The zero-order chi connectivity index (χ0) is 38.8. The van der Waals surface area contributed by atoms with Crippen LogP contribution in [0.5, 0.6) is 0 Å². The number of unbranched alkanes of at least 4 members (excludes halogenated alkanes) is 10. The quantitative estimate of drug-likeness (QED) is 0.0532. The monoisotopic (exact) mass is 786 g/mol. The van der Waals surface area contributed by atoms with Crippen LogP contribution in [0, 0.1) is 0 Å². The van der Waals surface area contributed by atoms with Crippen LogP contribution in [0.3, 0.4) is 0 Å². The summed E-state index contributed by atoms with van der Waals surface area (Å²) in [6.07, 6.45) is 19.9. The molecule has 2 N–H and O–H groups in total. The van der Waals surface area contributed by atoms with Gasteiger partial charge in [-0.3, -0.25) is 0 Å². The van der Waals surface area contributed by atoms with Crippen molar-refractivity contribution in [3.05, 3.63) is 159 Å². The standard InChI is InChI=1S/C36H52N2.2C7H8O.Ni/c1-5-8-11-13-14-17-20-31-21-18-22-33(28-31)36-34(23-15-10-7-3)29(4)35(38(36)37)32-26-24-30(25-27-32)19-16-12-9-6-2;2*8-6-7-4-2-1-3-5-7;/h18,21-22,24-28H,5-17,19-20,23H2,1-4H3;2*1-5,8H,6H2;. The number of allylic oxidation sites excluding steroid dienone is 2. The summed E-state index contributed by atoms with van der Waals surface area (Å²) in [6.45, 7) is 9.27. The smallest absolute Gasteiger partial charge is 0.211 e. The van der Waals surface area contributed by atoms with Gasteiger partial charge in [-0.05, 0) is 92.0 Å². The number of nitrogens with zero attached hydrogens (tertiary/aromatic N) is 2. The zero-order valence-corrected chi connectivity index (χ0v) is 35.2. The van der Waals surface area contributed by atoms with Crippen molar-refractivity contribution in [1.82, 2.24) is 0 Å². The van der Waals surface area contributed by atoms with Crippen molar-refractivity contribution in [2.75, 3.05) is 0 Å². The molecule has 0 aliphatic carbocycles. The molecule has 0 atom stereocenters. The van der Waals surface area contributed by atoms with Gasteiger partial charge in [-0.15, -0.1) is 0 Å². The summed E-state index contributed by atoms with van der Waals surface area (Å²) < 4.78 is 1.50. The fraction of sp³-hybridized carbons (Fsp3) is 0.440. The number of aryl methyl sites for hydroxylation is 2. The van der Waals surface area contributed by atoms with Gasteiger partial charge in [0.15, 0.2) is 0 Å². The molecule has 0 spiro atoms. The third-order valence-corrected chi connectivity index (χ3v) is 10.2. The third kappa shape index (κ3) is 17.0. The predicted octanol–water partition coefficient (Wildman–Crippen LogP) is 13.8.